The van der Waals surface area contributed by atoms with Crippen molar-refractivity contribution < 1.29 is 18.7 Å². The van der Waals surface area contributed by atoms with Crippen molar-refractivity contribution in [2.75, 3.05) is 36.4 Å². The molecule has 0 spiro atoms. The molecule has 3 heterocycles. The molecule has 2 aromatic carbocycles. The number of anilines is 3. The summed E-state index contributed by atoms with van der Waals surface area (Å²) in [6.07, 6.45) is 1.71. The first kappa shape index (κ1) is 24.7. The van der Waals surface area contributed by atoms with Crippen LogP contribution in [0.3, 0.4) is 0 Å². The smallest absolute Gasteiger partial charge is 0.407 e. The van der Waals surface area contributed by atoms with Crippen molar-refractivity contribution in [3.05, 3.63) is 80.8 Å². The van der Waals surface area contributed by atoms with Crippen LogP contribution in [0.4, 0.5) is 30.9 Å². The Balaban J connectivity index is 1.40. The summed E-state index contributed by atoms with van der Waals surface area (Å²) < 4.78 is 31.0. The van der Waals surface area contributed by atoms with Crippen molar-refractivity contribution in [1.82, 2.24) is 19.4 Å². The molecule has 1 fully saturated rings. The summed E-state index contributed by atoms with van der Waals surface area (Å²) in [7, 11) is 0. The molecule has 2 N–H and O–H groups in total. The van der Waals surface area contributed by atoms with Crippen molar-refractivity contribution in [2.45, 2.75) is 0 Å². The van der Waals surface area contributed by atoms with Crippen LogP contribution in [0.25, 0.3) is 16.6 Å². The minimum absolute atomic E-state index is 0.0297. The molecule has 1 amide bonds. The van der Waals surface area contributed by atoms with Crippen molar-refractivity contribution >= 4 is 57.5 Å². The highest BCUT2D eigenvalue weighted by molar-refractivity contribution is 6.37. The van der Waals surface area contributed by atoms with Gasteiger partial charge in [0.1, 0.15) is 5.69 Å². The number of nitrogens with one attached hydrogen (secondary N) is 1. The second-order valence-corrected chi connectivity index (χ2v) is 9.04. The number of piperazine rings is 1. The van der Waals surface area contributed by atoms with Gasteiger partial charge >= 0.3 is 6.09 Å². The number of pyridine rings is 1. The monoisotopic (exact) mass is 546 g/mol. The summed E-state index contributed by atoms with van der Waals surface area (Å²) in [6, 6.07) is 8.67. The molecular formula is C24H18Cl2F2N6O3. The Labute approximate surface area is 218 Å². The zero-order valence-corrected chi connectivity index (χ0v) is 20.5. The first-order valence-electron chi connectivity index (χ1n) is 11.0. The van der Waals surface area contributed by atoms with E-state index >= 15 is 0 Å². The molecule has 5 rings (SSSR count). The van der Waals surface area contributed by atoms with Gasteiger partial charge in [-0.25, -0.2) is 23.5 Å². The first-order valence-corrected chi connectivity index (χ1v) is 11.8. The van der Waals surface area contributed by atoms with E-state index in [1.54, 1.807) is 24.3 Å². The Morgan fingerprint density at radius 2 is 1.65 bits per heavy atom. The van der Waals surface area contributed by atoms with E-state index in [9.17, 15) is 18.4 Å². The van der Waals surface area contributed by atoms with Crippen LogP contribution in [-0.2, 0) is 0 Å². The van der Waals surface area contributed by atoms with Gasteiger partial charge in [-0.1, -0.05) is 29.3 Å². The van der Waals surface area contributed by atoms with E-state index in [4.69, 9.17) is 28.3 Å². The van der Waals surface area contributed by atoms with Gasteiger partial charge in [0.25, 0.3) is 5.56 Å². The fourth-order valence-corrected chi connectivity index (χ4v) is 4.75. The van der Waals surface area contributed by atoms with Gasteiger partial charge in [-0.15, -0.1) is 0 Å². The Bertz CT molecular complexity index is 1550. The van der Waals surface area contributed by atoms with Crippen molar-refractivity contribution in [3.8, 4) is 5.69 Å². The molecule has 1 saturated heterocycles. The zero-order chi connectivity index (χ0) is 26.3. The molecule has 13 heteroatoms. The van der Waals surface area contributed by atoms with Crippen LogP contribution in [-0.4, -0.2) is 56.8 Å². The van der Waals surface area contributed by atoms with Crippen LogP contribution < -0.4 is 15.8 Å². The van der Waals surface area contributed by atoms with E-state index in [1.165, 1.54) is 26.8 Å². The molecule has 4 aromatic rings. The SMILES string of the molecule is O=C(O)N1CCN(c2c(F)cc(Nc3ncc4c(=O)n(-c5c(Cl)cccc5Cl)ccc4n3)cc2F)CC1. The van der Waals surface area contributed by atoms with Crippen LogP contribution in [0.15, 0.2) is 53.6 Å². The molecule has 0 atom stereocenters. The maximum atomic E-state index is 14.9. The number of benzene rings is 2. The summed E-state index contributed by atoms with van der Waals surface area (Å²) in [5, 5.41) is 12.6. The van der Waals surface area contributed by atoms with Crippen LogP contribution in [0.2, 0.25) is 10.0 Å². The summed E-state index contributed by atoms with van der Waals surface area (Å²) in [5.74, 6) is -1.60. The second kappa shape index (κ2) is 9.83. The normalized spacial score (nSPS) is 13.7. The van der Waals surface area contributed by atoms with Crippen LogP contribution in [0.1, 0.15) is 0 Å². The van der Waals surface area contributed by atoms with Gasteiger partial charge in [-0.05, 0) is 30.3 Å². The number of nitrogens with zero attached hydrogens (tertiary/aromatic N) is 5. The minimum atomic E-state index is -1.07. The third-order valence-electron chi connectivity index (χ3n) is 5.97. The average Bonchev–Trinajstić information content (AvgIpc) is 2.85. The Hall–Kier alpha value is -3.96. The van der Waals surface area contributed by atoms with E-state index in [1.807, 2.05) is 0 Å². The maximum absolute atomic E-state index is 14.9. The summed E-state index contributed by atoms with van der Waals surface area (Å²) in [4.78, 5) is 35.2. The lowest BCUT2D eigenvalue weighted by Crippen LogP contribution is -2.48. The molecule has 37 heavy (non-hydrogen) atoms. The number of carbonyl (C=O) groups is 1. The molecule has 2 aromatic heterocycles. The average molecular weight is 547 g/mol. The predicted octanol–water partition coefficient (Wildman–Crippen LogP) is 4.91. The van der Waals surface area contributed by atoms with Crippen LogP contribution >= 0.6 is 23.2 Å². The van der Waals surface area contributed by atoms with Gasteiger partial charge in [0.05, 0.1) is 26.6 Å². The van der Waals surface area contributed by atoms with Gasteiger partial charge in [-0.3, -0.25) is 9.36 Å². The van der Waals surface area contributed by atoms with E-state index < -0.39 is 23.3 Å². The number of amides is 1. The molecule has 0 unspecified atom stereocenters. The molecular weight excluding hydrogens is 529 g/mol. The minimum Gasteiger partial charge on any atom is -0.465 e. The largest absolute Gasteiger partial charge is 0.465 e. The zero-order valence-electron chi connectivity index (χ0n) is 19.0. The highest BCUT2D eigenvalue weighted by Gasteiger charge is 2.25. The molecule has 9 nitrogen and oxygen atoms in total. The predicted molar refractivity (Wildman–Crippen MR) is 137 cm³/mol. The Kier molecular flexibility index (Phi) is 6.57. The number of hydrogen-bond donors (Lipinski definition) is 2. The lowest BCUT2D eigenvalue weighted by molar-refractivity contribution is 0.142. The molecule has 0 saturated carbocycles. The van der Waals surface area contributed by atoms with E-state index in [0.717, 1.165) is 12.1 Å². The van der Waals surface area contributed by atoms with Gasteiger partial charge in [0.15, 0.2) is 11.6 Å². The quantitative estimate of drug-likeness (QED) is 0.374. The fraction of sp³-hybridized carbons (Fsp3) is 0.167. The number of aromatic nitrogens is 3. The number of para-hydroxylation sites is 1. The molecule has 1 aliphatic heterocycles. The van der Waals surface area contributed by atoms with Gasteiger partial charge in [0, 0.05) is 44.3 Å². The highest BCUT2D eigenvalue weighted by Crippen LogP contribution is 2.30. The van der Waals surface area contributed by atoms with Crippen molar-refractivity contribution in [3.63, 3.8) is 0 Å². The lowest BCUT2D eigenvalue weighted by Gasteiger charge is -2.34. The van der Waals surface area contributed by atoms with Crippen LogP contribution in [0, 0.1) is 11.6 Å². The maximum Gasteiger partial charge on any atom is 0.407 e. The fourth-order valence-electron chi connectivity index (χ4n) is 4.18. The Morgan fingerprint density at radius 3 is 2.27 bits per heavy atom. The molecule has 0 aliphatic carbocycles. The van der Waals surface area contributed by atoms with E-state index in [2.05, 4.69) is 15.3 Å². The third-order valence-corrected chi connectivity index (χ3v) is 6.58. The molecule has 0 radical (unpaired) electrons. The number of carboxylic acid groups (broad SMARTS) is 1. The molecule has 190 valence electrons. The number of halogens is 4. The third kappa shape index (κ3) is 4.75. The van der Waals surface area contributed by atoms with Crippen LogP contribution in [0.5, 0.6) is 0 Å². The van der Waals surface area contributed by atoms with Gasteiger partial charge < -0.3 is 20.2 Å². The summed E-state index contributed by atoms with van der Waals surface area (Å²) in [5.41, 5.74) is 0.0295. The second-order valence-electron chi connectivity index (χ2n) is 8.22. The van der Waals surface area contributed by atoms with Gasteiger partial charge in [0.2, 0.25) is 5.95 Å². The summed E-state index contributed by atoms with van der Waals surface area (Å²) >= 11 is 12.5. The molecule has 1 aliphatic rings. The summed E-state index contributed by atoms with van der Waals surface area (Å²) in [6.45, 7) is 0.613. The standard InChI is InChI=1S/C24H18Cl2F2N6O3/c25-15-2-1-3-16(26)20(15)34-5-4-19-14(22(34)35)12-29-23(31-19)30-13-10-17(27)21(18(28)11-13)32-6-8-33(9-7-32)24(36)37/h1-5,10-12H,6-9H2,(H,36,37)(H,29,30,31). The van der Waals surface area contributed by atoms with Crippen molar-refractivity contribution in [1.29, 1.82) is 0 Å². The Morgan fingerprint density at radius 1 is 1.00 bits per heavy atom. The van der Waals surface area contributed by atoms with E-state index in [-0.39, 0.29) is 48.9 Å². The van der Waals surface area contributed by atoms with Gasteiger partial charge in [-0.2, -0.15) is 0 Å². The topological polar surface area (TPSA) is 104 Å². The first-order chi connectivity index (χ1) is 17.7. The molecule has 0 bridgehead atoms. The highest BCUT2D eigenvalue weighted by atomic mass is 35.5. The number of fused-ring (bicyclic) bond motifs is 1. The lowest BCUT2D eigenvalue weighted by atomic mass is 10.2. The van der Waals surface area contributed by atoms with E-state index in [0.29, 0.717) is 21.2 Å². The van der Waals surface area contributed by atoms with Crippen molar-refractivity contribution in [2.24, 2.45) is 0 Å². The number of rotatable bonds is 4. The number of hydrogen-bond acceptors (Lipinski definition) is 6.